The van der Waals surface area contributed by atoms with Crippen LogP contribution in [0.5, 0.6) is 0 Å². The van der Waals surface area contributed by atoms with Gasteiger partial charge in [0, 0.05) is 0 Å². The number of benzene rings is 2. The number of rotatable bonds is 4. The molecular weight excluding hydrogens is 248 g/mol. The zero-order valence-electron chi connectivity index (χ0n) is 11.7. The Bertz CT molecular complexity index is 528. The van der Waals surface area contributed by atoms with Crippen molar-refractivity contribution < 1.29 is 4.57 Å². The zero-order chi connectivity index (χ0) is 13.9. The quantitative estimate of drug-likeness (QED) is 0.622. The summed E-state index contributed by atoms with van der Waals surface area (Å²) in [5.41, 5.74) is 0. The molecule has 0 bridgehead atoms. The Morgan fingerprint density at radius 2 is 1.26 bits per heavy atom. The van der Waals surface area contributed by atoms with Gasteiger partial charge in [-0.1, -0.05) is 0 Å². The van der Waals surface area contributed by atoms with Crippen LogP contribution >= 0.6 is 7.14 Å². The average Bonchev–Trinajstić information content (AvgIpc) is 2.47. The predicted molar refractivity (Wildman–Crippen MR) is 83.0 cm³/mol. The molecule has 19 heavy (non-hydrogen) atoms. The Morgan fingerprint density at radius 1 is 0.895 bits per heavy atom. The van der Waals surface area contributed by atoms with E-state index in [0.717, 1.165) is 10.6 Å². The summed E-state index contributed by atoms with van der Waals surface area (Å²) in [6.07, 6.45) is 0. The van der Waals surface area contributed by atoms with Crippen molar-refractivity contribution in [2.75, 3.05) is 14.1 Å². The molecule has 2 aromatic rings. The molecule has 0 radical (unpaired) electrons. The third-order valence-electron chi connectivity index (χ3n) is 3.55. The van der Waals surface area contributed by atoms with Crippen LogP contribution < -0.4 is 10.6 Å². The van der Waals surface area contributed by atoms with Crippen LogP contribution in [0, 0.1) is 0 Å². The van der Waals surface area contributed by atoms with Crippen LogP contribution in [0.4, 0.5) is 0 Å². The second-order valence-electron chi connectivity index (χ2n) is 4.92. The minimum atomic E-state index is -2.65. The van der Waals surface area contributed by atoms with E-state index in [4.69, 9.17) is 0 Å². The van der Waals surface area contributed by atoms with Crippen LogP contribution in [0.3, 0.4) is 0 Å². The van der Waals surface area contributed by atoms with Crippen molar-refractivity contribution in [3.8, 4) is 0 Å². The molecule has 0 amide bonds. The molecule has 1 unspecified atom stereocenters. The zero-order valence-corrected chi connectivity index (χ0v) is 12.5. The standard InChI is InChI=1S/C15H17NOP.Li/c1-16(2)13-18(17,14-9-5-3-6-10-14)15-11-7-4-8-12-15;/h3-13H,1-2H3;. The van der Waals surface area contributed by atoms with Gasteiger partial charge in [-0.05, 0) is 0 Å². The van der Waals surface area contributed by atoms with E-state index in [2.05, 4.69) is 0 Å². The second kappa shape index (κ2) is 6.12. The van der Waals surface area contributed by atoms with Gasteiger partial charge < -0.3 is 0 Å². The summed E-state index contributed by atoms with van der Waals surface area (Å²) in [5, 5.41) is 1.84. The molecule has 0 aliphatic rings. The Morgan fingerprint density at radius 3 is 1.58 bits per heavy atom. The van der Waals surface area contributed by atoms with Crippen LogP contribution in [-0.4, -0.2) is 41.2 Å². The van der Waals surface area contributed by atoms with E-state index in [1.165, 1.54) is 0 Å². The van der Waals surface area contributed by atoms with Gasteiger partial charge in [0.15, 0.2) is 0 Å². The van der Waals surface area contributed by atoms with Gasteiger partial charge in [-0.2, -0.15) is 0 Å². The molecule has 0 saturated carbocycles. The van der Waals surface area contributed by atoms with E-state index in [9.17, 15) is 4.57 Å². The predicted octanol–water partition coefficient (Wildman–Crippen LogP) is 2.01. The van der Waals surface area contributed by atoms with Crippen LogP contribution in [0.1, 0.15) is 0 Å². The van der Waals surface area contributed by atoms with Crippen molar-refractivity contribution in [3.63, 3.8) is 0 Å². The van der Waals surface area contributed by atoms with Gasteiger partial charge in [0.05, 0.1) is 0 Å². The molecule has 1 atom stereocenters. The van der Waals surface area contributed by atoms with Gasteiger partial charge in [0.25, 0.3) is 0 Å². The molecule has 0 fully saturated rings. The molecule has 2 aromatic carbocycles. The fraction of sp³-hybridized carbons (Fsp3) is 0.200. The van der Waals surface area contributed by atoms with E-state index in [-0.39, 0.29) is 4.46 Å². The topological polar surface area (TPSA) is 20.3 Å². The number of nitrogens with zero attached hydrogens (tertiary/aromatic N) is 1. The van der Waals surface area contributed by atoms with Crippen LogP contribution in [-0.2, 0) is 4.57 Å². The minimum absolute atomic E-state index is 0.0303. The van der Waals surface area contributed by atoms with Gasteiger partial charge in [0.2, 0.25) is 0 Å². The SMILES string of the molecule is [Li][CH](N(C)C)P(=O)(c1ccccc1)c1ccccc1. The van der Waals surface area contributed by atoms with E-state index < -0.39 is 7.14 Å². The van der Waals surface area contributed by atoms with Crippen molar-refractivity contribution in [3.05, 3.63) is 60.7 Å². The maximum atomic E-state index is 13.7. The summed E-state index contributed by atoms with van der Waals surface area (Å²) in [6, 6.07) is 19.6. The molecule has 0 aliphatic heterocycles. The summed E-state index contributed by atoms with van der Waals surface area (Å²) in [6.45, 7) is 0. The van der Waals surface area contributed by atoms with Crippen molar-refractivity contribution in [1.82, 2.24) is 4.90 Å². The molecule has 4 heteroatoms. The molecule has 2 rings (SSSR count). The first kappa shape index (κ1) is 14.6. The van der Waals surface area contributed by atoms with Crippen molar-refractivity contribution in [1.29, 1.82) is 0 Å². The van der Waals surface area contributed by atoms with Crippen molar-refractivity contribution in [2.45, 2.75) is 4.46 Å². The third-order valence-corrected chi connectivity index (χ3v) is 7.20. The molecule has 0 N–H and O–H groups in total. The first-order valence-corrected chi connectivity index (χ1v) is 8.22. The average molecular weight is 265 g/mol. The number of hydrogen-bond acceptors (Lipinski definition) is 2. The third kappa shape index (κ3) is 2.88. The van der Waals surface area contributed by atoms with Gasteiger partial charge >= 0.3 is 124 Å². The monoisotopic (exact) mass is 265 g/mol. The Balaban J connectivity index is 2.61. The Hall–Kier alpha value is -0.773. The number of hydrogen-bond donors (Lipinski definition) is 0. The Labute approximate surface area is 124 Å². The molecule has 0 saturated heterocycles. The molecule has 94 valence electrons. The van der Waals surface area contributed by atoms with E-state index in [0.29, 0.717) is 0 Å². The molecule has 0 aliphatic carbocycles. The van der Waals surface area contributed by atoms with Gasteiger partial charge in [-0.3, -0.25) is 0 Å². The maximum absolute atomic E-state index is 13.7. The first-order chi connectivity index (χ1) is 9.06. The van der Waals surface area contributed by atoms with E-state index >= 15 is 0 Å². The molecule has 0 heterocycles. The summed E-state index contributed by atoms with van der Waals surface area (Å²) >= 11 is 2.03. The van der Waals surface area contributed by atoms with Crippen LogP contribution in [0.15, 0.2) is 60.7 Å². The van der Waals surface area contributed by atoms with Gasteiger partial charge in [-0.25, -0.2) is 0 Å². The van der Waals surface area contributed by atoms with Crippen molar-refractivity contribution >= 4 is 35.5 Å². The van der Waals surface area contributed by atoms with Gasteiger partial charge in [0.1, 0.15) is 0 Å². The second-order valence-corrected chi connectivity index (χ2v) is 8.02. The van der Waals surface area contributed by atoms with Gasteiger partial charge in [-0.15, -0.1) is 0 Å². The summed E-state index contributed by atoms with van der Waals surface area (Å²) in [7, 11) is 1.31. The molecular formula is C15H17LiNOP. The van der Waals surface area contributed by atoms with Crippen molar-refractivity contribution in [2.24, 2.45) is 0 Å². The molecule has 0 spiro atoms. The summed E-state index contributed by atoms with van der Waals surface area (Å²) in [4.78, 5) is 2.03. The van der Waals surface area contributed by atoms with E-state index in [1.54, 1.807) is 0 Å². The fourth-order valence-corrected chi connectivity index (χ4v) is 5.25. The fourth-order valence-electron chi connectivity index (χ4n) is 2.20. The first-order valence-electron chi connectivity index (χ1n) is 6.44. The molecule has 0 aromatic heterocycles. The summed E-state index contributed by atoms with van der Waals surface area (Å²) < 4.78 is 13.7. The van der Waals surface area contributed by atoms with Crippen LogP contribution in [0.2, 0.25) is 0 Å². The van der Waals surface area contributed by atoms with Crippen LogP contribution in [0.25, 0.3) is 0 Å². The normalized spacial score (nSPS) is 13.5. The Kier molecular flexibility index (Phi) is 4.71. The molecule has 2 nitrogen and oxygen atoms in total. The van der Waals surface area contributed by atoms with E-state index in [1.807, 2.05) is 97.4 Å². The summed E-state index contributed by atoms with van der Waals surface area (Å²) in [5.74, 6) is 0.